The molecule has 0 aromatic heterocycles. The molecule has 0 radical (unpaired) electrons. The van der Waals surface area contributed by atoms with E-state index in [0.29, 0.717) is 27.7 Å². The van der Waals surface area contributed by atoms with E-state index in [1.807, 2.05) is 0 Å². The third-order valence-electron chi connectivity index (χ3n) is 1.90. The summed E-state index contributed by atoms with van der Waals surface area (Å²) < 4.78 is 25.3. The van der Waals surface area contributed by atoms with Gasteiger partial charge < -0.3 is 9.47 Å². The predicted molar refractivity (Wildman–Crippen MR) is 56.4 cm³/mol. The second-order valence-electron chi connectivity index (χ2n) is 2.86. The summed E-state index contributed by atoms with van der Waals surface area (Å²) in [6.07, 6.45) is -0.586. The summed E-state index contributed by atoms with van der Waals surface area (Å²) in [6.45, 7) is 1.01. The van der Waals surface area contributed by atoms with Gasteiger partial charge in [-0.3, -0.25) is 0 Å². The topological polar surface area (TPSA) is 18.5 Å². The summed E-state index contributed by atoms with van der Waals surface area (Å²) in [5.41, 5.74) is 0.422. The fraction of sp³-hybridized carbons (Fsp3) is 0.333. The summed E-state index contributed by atoms with van der Waals surface area (Å²) in [4.78, 5) is 0. The van der Waals surface area contributed by atoms with Gasteiger partial charge in [0.1, 0.15) is 5.82 Å². The Morgan fingerprint density at radius 1 is 1.21 bits per heavy atom. The van der Waals surface area contributed by atoms with Crippen LogP contribution >= 0.6 is 31.9 Å². The quantitative estimate of drug-likeness (QED) is 0.788. The Morgan fingerprint density at radius 2 is 1.86 bits per heavy atom. The minimum Gasteiger partial charge on any atom is -0.346 e. The molecule has 1 aliphatic heterocycles. The molecular weight excluding hydrogens is 319 g/mol. The van der Waals surface area contributed by atoms with Crippen molar-refractivity contribution in [1.29, 1.82) is 0 Å². The molecule has 1 aliphatic rings. The molecular formula is C9H7Br2FO2. The van der Waals surface area contributed by atoms with Gasteiger partial charge in [0.05, 0.1) is 18.8 Å². The maximum Gasteiger partial charge on any atom is 0.187 e. The summed E-state index contributed by atoms with van der Waals surface area (Å²) in [6, 6.07) is 3.16. The van der Waals surface area contributed by atoms with Gasteiger partial charge in [0.2, 0.25) is 0 Å². The molecule has 0 saturated carbocycles. The lowest BCUT2D eigenvalue weighted by Gasteiger charge is -2.12. The highest BCUT2D eigenvalue weighted by atomic mass is 79.9. The molecule has 0 N–H and O–H groups in total. The van der Waals surface area contributed by atoms with Crippen LogP contribution in [0.3, 0.4) is 0 Å². The van der Waals surface area contributed by atoms with E-state index in [2.05, 4.69) is 31.9 Å². The van der Waals surface area contributed by atoms with Crippen LogP contribution in [-0.4, -0.2) is 13.2 Å². The van der Waals surface area contributed by atoms with Gasteiger partial charge in [-0.1, -0.05) is 31.9 Å². The third-order valence-corrected chi connectivity index (χ3v) is 3.02. The molecule has 1 fully saturated rings. The SMILES string of the molecule is Fc1cc(Br)cc(Br)c1C1OCCO1. The van der Waals surface area contributed by atoms with E-state index < -0.39 is 6.29 Å². The normalized spacial score (nSPS) is 17.6. The number of hydrogen-bond acceptors (Lipinski definition) is 2. The Kier molecular flexibility index (Phi) is 3.21. The van der Waals surface area contributed by atoms with Crippen LogP contribution in [0.5, 0.6) is 0 Å². The standard InChI is InChI=1S/C9H7Br2FO2/c10-5-3-6(11)8(7(12)4-5)9-13-1-2-14-9/h3-4,9H,1-2H2. The number of benzene rings is 1. The van der Waals surface area contributed by atoms with Crippen LogP contribution in [0.1, 0.15) is 11.9 Å². The maximum absolute atomic E-state index is 13.5. The highest BCUT2D eigenvalue weighted by molar-refractivity contribution is 9.11. The van der Waals surface area contributed by atoms with Gasteiger partial charge >= 0.3 is 0 Å². The van der Waals surface area contributed by atoms with Crippen LogP contribution in [0, 0.1) is 5.82 Å². The molecule has 0 spiro atoms. The Hall–Kier alpha value is 0.0300. The van der Waals surface area contributed by atoms with Crippen LogP contribution in [0.25, 0.3) is 0 Å². The molecule has 0 unspecified atom stereocenters. The maximum atomic E-state index is 13.5. The lowest BCUT2D eigenvalue weighted by Crippen LogP contribution is -2.02. The highest BCUT2D eigenvalue weighted by Gasteiger charge is 2.24. The van der Waals surface area contributed by atoms with Crippen molar-refractivity contribution in [2.45, 2.75) is 6.29 Å². The molecule has 0 amide bonds. The van der Waals surface area contributed by atoms with Gasteiger partial charge in [-0.2, -0.15) is 0 Å². The van der Waals surface area contributed by atoms with E-state index in [1.54, 1.807) is 6.07 Å². The van der Waals surface area contributed by atoms with Crippen molar-refractivity contribution in [3.05, 3.63) is 32.5 Å². The second-order valence-corrected chi connectivity index (χ2v) is 4.63. The van der Waals surface area contributed by atoms with Gasteiger partial charge in [-0.05, 0) is 12.1 Å². The molecule has 0 aliphatic carbocycles. The zero-order valence-electron chi connectivity index (χ0n) is 7.10. The van der Waals surface area contributed by atoms with Crippen molar-refractivity contribution < 1.29 is 13.9 Å². The summed E-state index contributed by atoms with van der Waals surface area (Å²) >= 11 is 6.48. The smallest absolute Gasteiger partial charge is 0.187 e. The molecule has 2 nitrogen and oxygen atoms in total. The van der Waals surface area contributed by atoms with Crippen LogP contribution < -0.4 is 0 Å². The largest absolute Gasteiger partial charge is 0.346 e. The highest BCUT2D eigenvalue weighted by Crippen LogP contribution is 2.34. The lowest BCUT2D eigenvalue weighted by molar-refractivity contribution is -0.0470. The lowest BCUT2D eigenvalue weighted by atomic mass is 10.2. The predicted octanol–water partition coefficient (Wildman–Crippen LogP) is 3.40. The minimum absolute atomic E-state index is 0.335. The Morgan fingerprint density at radius 3 is 2.43 bits per heavy atom. The molecule has 1 heterocycles. The molecule has 76 valence electrons. The van der Waals surface area contributed by atoms with Crippen LogP contribution in [0.15, 0.2) is 21.1 Å². The van der Waals surface area contributed by atoms with Crippen molar-refractivity contribution in [3.63, 3.8) is 0 Å². The van der Waals surface area contributed by atoms with Crippen LogP contribution in [0.4, 0.5) is 4.39 Å². The number of rotatable bonds is 1. The average molecular weight is 326 g/mol. The van der Waals surface area contributed by atoms with Crippen LogP contribution in [-0.2, 0) is 9.47 Å². The van der Waals surface area contributed by atoms with E-state index >= 15 is 0 Å². The number of ether oxygens (including phenoxy) is 2. The average Bonchev–Trinajstić information content (AvgIpc) is 2.54. The Balaban J connectivity index is 2.40. The monoisotopic (exact) mass is 324 g/mol. The Bertz CT molecular complexity index is 328. The van der Waals surface area contributed by atoms with Crippen LogP contribution in [0.2, 0.25) is 0 Å². The zero-order chi connectivity index (χ0) is 10.1. The van der Waals surface area contributed by atoms with E-state index in [1.165, 1.54) is 6.07 Å². The van der Waals surface area contributed by atoms with Crippen molar-refractivity contribution in [3.8, 4) is 0 Å². The first-order valence-corrected chi connectivity index (χ1v) is 5.65. The van der Waals surface area contributed by atoms with Crippen molar-refractivity contribution in [1.82, 2.24) is 0 Å². The molecule has 14 heavy (non-hydrogen) atoms. The third kappa shape index (κ3) is 2.00. The number of halogens is 3. The first kappa shape index (κ1) is 10.5. The van der Waals surface area contributed by atoms with Gasteiger partial charge in [0.25, 0.3) is 0 Å². The fourth-order valence-electron chi connectivity index (χ4n) is 1.30. The van der Waals surface area contributed by atoms with E-state index in [9.17, 15) is 4.39 Å². The van der Waals surface area contributed by atoms with Gasteiger partial charge in [0, 0.05) is 8.95 Å². The van der Waals surface area contributed by atoms with Crippen molar-refractivity contribution >= 4 is 31.9 Å². The molecule has 0 atom stereocenters. The first-order valence-electron chi connectivity index (χ1n) is 4.06. The fourth-order valence-corrected chi connectivity index (χ4v) is 2.66. The molecule has 5 heteroatoms. The van der Waals surface area contributed by atoms with E-state index in [0.717, 1.165) is 0 Å². The first-order chi connectivity index (χ1) is 6.68. The van der Waals surface area contributed by atoms with E-state index in [-0.39, 0.29) is 5.82 Å². The Labute approximate surface area is 97.6 Å². The molecule has 0 bridgehead atoms. The van der Waals surface area contributed by atoms with Gasteiger partial charge in [-0.15, -0.1) is 0 Å². The molecule has 1 saturated heterocycles. The molecule has 2 rings (SSSR count). The minimum atomic E-state index is -0.586. The zero-order valence-corrected chi connectivity index (χ0v) is 10.3. The molecule has 1 aromatic carbocycles. The van der Waals surface area contributed by atoms with Crippen molar-refractivity contribution in [2.24, 2.45) is 0 Å². The summed E-state index contributed by atoms with van der Waals surface area (Å²) in [5, 5.41) is 0. The van der Waals surface area contributed by atoms with E-state index in [4.69, 9.17) is 9.47 Å². The summed E-state index contributed by atoms with van der Waals surface area (Å²) in [5.74, 6) is -0.335. The second kappa shape index (κ2) is 4.26. The molecule has 1 aromatic rings. The van der Waals surface area contributed by atoms with Gasteiger partial charge in [0.15, 0.2) is 6.29 Å². The van der Waals surface area contributed by atoms with Crippen molar-refractivity contribution in [2.75, 3.05) is 13.2 Å². The van der Waals surface area contributed by atoms with Gasteiger partial charge in [-0.25, -0.2) is 4.39 Å². The summed E-state index contributed by atoms with van der Waals surface area (Å²) in [7, 11) is 0. The number of hydrogen-bond donors (Lipinski definition) is 0.